The van der Waals surface area contributed by atoms with E-state index in [1.165, 1.54) is 38.5 Å². The van der Waals surface area contributed by atoms with Crippen LogP contribution in [0.1, 0.15) is 38.5 Å². The molecule has 4 nitrogen and oxygen atoms in total. The zero-order valence-corrected chi connectivity index (χ0v) is 12.8. The van der Waals surface area contributed by atoms with Gasteiger partial charge in [0.2, 0.25) is 12.7 Å². The van der Waals surface area contributed by atoms with Crippen LogP contribution in [-0.4, -0.2) is 9.13 Å². The van der Waals surface area contributed by atoms with E-state index in [1.54, 1.807) is 0 Å². The molecule has 110 valence electrons. The Labute approximate surface area is 122 Å². The Bertz CT molecular complexity index is 452. The standard InChI is InChI=1S/C16H26N4/c1-17-11-13-19(15-17)9-7-5-3-4-6-8-10-20-14-12-18(2)16-20/h11-14H,3-10H2,1-2H3. The Kier molecular flexibility index (Phi) is 5.84. The highest BCUT2D eigenvalue weighted by molar-refractivity contribution is 4.65. The zero-order chi connectivity index (χ0) is 14.2. The number of rotatable bonds is 9. The molecule has 0 saturated carbocycles. The van der Waals surface area contributed by atoms with Crippen LogP contribution in [0, 0.1) is 12.7 Å². The molecule has 0 saturated heterocycles. The number of unbranched alkanes of at least 4 members (excludes halogenated alkanes) is 5. The van der Waals surface area contributed by atoms with Crippen molar-refractivity contribution in [3.63, 3.8) is 0 Å². The van der Waals surface area contributed by atoms with Gasteiger partial charge in [-0.05, 0) is 50.5 Å². The molecular weight excluding hydrogens is 248 g/mol. The Morgan fingerprint density at radius 2 is 1.10 bits per heavy atom. The lowest BCUT2D eigenvalue weighted by Crippen LogP contribution is -2.24. The summed E-state index contributed by atoms with van der Waals surface area (Å²) in [6, 6.07) is 0. The first-order chi connectivity index (χ1) is 9.74. The summed E-state index contributed by atoms with van der Waals surface area (Å²) in [5, 5.41) is 0. The normalized spacial score (nSPS) is 11.1. The third kappa shape index (κ3) is 5.19. The summed E-state index contributed by atoms with van der Waals surface area (Å²) in [6.07, 6.45) is 22.6. The number of hydrogen-bond acceptors (Lipinski definition) is 0. The van der Waals surface area contributed by atoms with Crippen LogP contribution in [0.25, 0.3) is 0 Å². The molecule has 0 radical (unpaired) electrons. The summed E-state index contributed by atoms with van der Waals surface area (Å²) in [7, 11) is 4.03. The summed E-state index contributed by atoms with van der Waals surface area (Å²) >= 11 is 0. The van der Waals surface area contributed by atoms with E-state index in [4.69, 9.17) is 0 Å². The molecule has 2 heterocycles. The van der Waals surface area contributed by atoms with Crippen molar-refractivity contribution < 1.29 is 9.13 Å². The minimum Gasteiger partial charge on any atom is -0.354 e. The minimum atomic E-state index is 1.09. The van der Waals surface area contributed by atoms with E-state index in [1.807, 2.05) is 35.6 Å². The molecule has 2 aromatic heterocycles. The van der Waals surface area contributed by atoms with Crippen molar-refractivity contribution in [2.24, 2.45) is 14.1 Å². The smallest absolute Gasteiger partial charge is 0.203 e. The molecule has 0 aliphatic rings. The number of aromatic nitrogens is 4. The molecular formula is C16H26N4. The van der Waals surface area contributed by atoms with Crippen molar-refractivity contribution in [1.82, 2.24) is 9.13 Å². The van der Waals surface area contributed by atoms with Gasteiger partial charge in [-0.3, -0.25) is 0 Å². The van der Waals surface area contributed by atoms with E-state index in [2.05, 4.69) is 34.2 Å². The molecule has 4 heteroatoms. The zero-order valence-electron chi connectivity index (χ0n) is 12.8. The van der Waals surface area contributed by atoms with Crippen molar-refractivity contribution in [3.8, 4) is 0 Å². The van der Waals surface area contributed by atoms with Crippen molar-refractivity contribution >= 4 is 0 Å². The van der Waals surface area contributed by atoms with E-state index >= 15 is 0 Å². The van der Waals surface area contributed by atoms with Crippen LogP contribution in [-0.2, 0) is 27.2 Å². The third-order valence-corrected chi connectivity index (χ3v) is 3.56. The van der Waals surface area contributed by atoms with Crippen molar-refractivity contribution in [2.45, 2.75) is 51.6 Å². The molecule has 0 bridgehead atoms. The van der Waals surface area contributed by atoms with Crippen LogP contribution < -0.4 is 9.13 Å². The third-order valence-electron chi connectivity index (χ3n) is 3.56. The highest BCUT2D eigenvalue weighted by Gasteiger charge is 1.96. The largest absolute Gasteiger partial charge is 0.354 e. The molecule has 20 heavy (non-hydrogen) atoms. The fourth-order valence-electron chi connectivity index (χ4n) is 2.42. The first-order valence-electron chi connectivity index (χ1n) is 7.62. The Balaban J connectivity index is 1.44. The van der Waals surface area contributed by atoms with Gasteiger partial charge in [-0.1, -0.05) is 12.8 Å². The van der Waals surface area contributed by atoms with Crippen molar-refractivity contribution in [3.05, 3.63) is 37.4 Å². The fourth-order valence-corrected chi connectivity index (χ4v) is 2.42. The lowest BCUT2D eigenvalue weighted by atomic mass is 10.1. The Morgan fingerprint density at radius 1 is 0.700 bits per heavy atom. The van der Waals surface area contributed by atoms with Gasteiger partial charge in [0.15, 0.2) is 0 Å². The molecule has 0 spiro atoms. The molecule has 0 atom stereocenters. The van der Waals surface area contributed by atoms with E-state index in [0.29, 0.717) is 0 Å². The van der Waals surface area contributed by atoms with Crippen molar-refractivity contribution in [2.75, 3.05) is 0 Å². The predicted molar refractivity (Wildman–Crippen MR) is 76.6 cm³/mol. The summed E-state index contributed by atoms with van der Waals surface area (Å²) in [6.45, 7) is 2.19. The second-order valence-corrected chi connectivity index (χ2v) is 5.53. The second-order valence-electron chi connectivity index (χ2n) is 5.53. The van der Waals surface area contributed by atoms with Crippen LogP contribution in [0.3, 0.4) is 0 Å². The van der Waals surface area contributed by atoms with Gasteiger partial charge >= 0.3 is 0 Å². The van der Waals surface area contributed by atoms with E-state index < -0.39 is 0 Å². The number of nitrogens with zero attached hydrogens (tertiary/aromatic N) is 4. The summed E-state index contributed by atoms with van der Waals surface area (Å²) < 4.78 is 8.22. The maximum Gasteiger partial charge on any atom is 0.203 e. The van der Waals surface area contributed by atoms with Crippen LogP contribution >= 0.6 is 0 Å². The quantitative estimate of drug-likeness (QED) is 0.375. The molecule has 0 fully saturated rings. The van der Waals surface area contributed by atoms with Crippen LogP contribution in [0.15, 0.2) is 24.8 Å². The van der Waals surface area contributed by atoms with Crippen LogP contribution in [0.5, 0.6) is 0 Å². The molecule has 0 N–H and O–H groups in total. The molecule has 0 aromatic carbocycles. The van der Waals surface area contributed by atoms with Gasteiger partial charge in [0, 0.05) is 0 Å². The molecule has 2 rings (SSSR count). The minimum absolute atomic E-state index is 1.09. The topological polar surface area (TPSA) is 17.6 Å². The molecule has 0 amide bonds. The van der Waals surface area contributed by atoms with E-state index in [-0.39, 0.29) is 0 Å². The van der Waals surface area contributed by atoms with E-state index in [9.17, 15) is 0 Å². The van der Waals surface area contributed by atoms with Gasteiger partial charge in [0.25, 0.3) is 0 Å². The van der Waals surface area contributed by atoms with Crippen LogP contribution in [0.4, 0.5) is 0 Å². The second kappa shape index (κ2) is 7.88. The summed E-state index contributed by atoms with van der Waals surface area (Å²) in [5.41, 5.74) is 0. The first-order valence-corrected chi connectivity index (χ1v) is 7.62. The van der Waals surface area contributed by atoms with Crippen LogP contribution in [0.2, 0.25) is 0 Å². The lowest BCUT2D eigenvalue weighted by molar-refractivity contribution is -0.675. The van der Waals surface area contributed by atoms with E-state index in [0.717, 1.165) is 13.1 Å². The maximum absolute atomic E-state index is 3.23. The Hall–Kier alpha value is -1.58. The average molecular weight is 274 g/mol. The first kappa shape index (κ1) is 14.8. The highest BCUT2D eigenvalue weighted by Crippen LogP contribution is 2.07. The highest BCUT2D eigenvalue weighted by atomic mass is 15.1. The van der Waals surface area contributed by atoms with Gasteiger partial charge in [0.05, 0.1) is 27.2 Å². The SMILES string of the molecule is C[n+]1[c-]n(CCCCCCCCn2[c-][n+](C)cc2)cc1. The average Bonchev–Trinajstić information content (AvgIpc) is 3.02. The molecule has 2 aromatic rings. The monoisotopic (exact) mass is 274 g/mol. The number of hydrogen-bond donors (Lipinski definition) is 0. The summed E-state index contributed by atoms with van der Waals surface area (Å²) in [5.74, 6) is 0. The van der Waals surface area contributed by atoms with Gasteiger partial charge in [0.1, 0.15) is 0 Å². The molecule has 0 unspecified atom stereocenters. The predicted octanol–water partition coefficient (Wildman–Crippen LogP) is 1.58. The molecule has 0 aliphatic carbocycles. The number of imidazole rings is 2. The summed E-state index contributed by atoms with van der Waals surface area (Å²) in [4.78, 5) is 0. The van der Waals surface area contributed by atoms with Gasteiger partial charge < -0.3 is 18.3 Å². The fraction of sp³-hybridized carbons (Fsp3) is 0.625. The maximum atomic E-state index is 3.23. The van der Waals surface area contributed by atoms with Gasteiger partial charge in [-0.2, -0.15) is 0 Å². The number of aryl methyl sites for hydroxylation is 4. The van der Waals surface area contributed by atoms with Gasteiger partial charge in [-0.25, -0.2) is 0 Å². The molecule has 0 aliphatic heterocycles. The Morgan fingerprint density at radius 3 is 1.45 bits per heavy atom. The van der Waals surface area contributed by atoms with Gasteiger partial charge in [-0.15, -0.1) is 0 Å². The lowest BCUT2D eigenvalue weighted by Gasteiger charge is -2.03. The van der Waals surface area contributed by atoms with Crippen molar-refractivity contribution in [1.29, 1.82) is 0 Å².